The summed E-state index contributed by atoms with van der Waals surface area (Å²) >= 11 is 5.92. The fraction of sp³-hybridized carbons (Fsp3) is 0.136. The number of benzene rings is 2. The van der Waals surface area contributed by atoms with Gasteiger partial charge in [-0.3, -0.25) is 0 Å². The van der Waals surface area contributed by atoms with Crippen LogP contribution in [0.3, 0.4) is 0 Å². The highest BCUT2D eigenvalue weighted by atomic mass is 35.5. The zero-order chi connectivity index (χ0) is 17.6. The second-order valence-electron chi connectivity index (χ2n) is 5.60. The molecule has 2 nitrogen and oxygen atoms in total. The van der Waals surface area contributed by atoms with Gasteiger partial charge in [0, 0.05) is 22.3 Å². The summed E-state index contributed by atoms with van der Waals surface area (Å²) in [5.74, 6) is 7.16. The fourth-order valence-corrected chi connectivity index (χ4v) is 2.59. The Hall–Kier alpha value is -2.76. The molecule has 0 unspecified atom stereocenters. The highest BCUT2D eigenvalue weighted by molar-refractivity contribution is 6.30. The monoisotopic (exact) mass is 347 g/mol. The van der Waals surface area contributed by atoms with Crippen molar-refractivity contribution in [1.29, 1.82) is 0 Å². The van der Waals surface area contributed by atoms with Crippen LogP contribution >= 0.6 is 11.6 Å². The molecule has 0 N–H and O–H groups in total. The van der Waals surface area contributed by atoms with E-state index in [1.54, 1.807) is 0 Å². The number of ether oxygens (including phenoxy) is 1. The molecule has 0 aliphatic rings. The largest absolute Gasteiger partial charge is 0.494 e. The van der Waals surface area contributed by atoms with Crippen LogP contribution in [-0.4, -0.2) is 11.6 Å². The number of rotatable bonds is 3. The molecule has 124 valence electrons. The van der Waals surface area contributed by atoms with Gasteiger partial charge in [-0.15, -0.1) is 0 Å². The van der Waals surface area contributed by atoms with E-state index in [0.717, 1.165) is 38.7 Å². The molecule has 3 rings (SSSR count). The Morgan fingerprint density at radius 3 is 2.36 bits per heavy atom. The van der Waals surface area contributed by atoms with E-state index >= 15 is 0 Å². The second-order valence-corrected chi connectivity index (χ2v) is 6.04. The smallest absolute Gasteiger partial charge is 0.122 e. The van der Waals surface area contributed by atoms with Crippen molar-refractivity contribution in [2.45, 2.75) is 13.8 Å². The number of aromatic nitrogens is 1. The minimum Gasteiger partial charge on any atom is -0.494 e. The summed E-state index contributed by atoms with van der Waals surface area (Å²) in [4.78, 5) is 4.43. The van der Waals surface area contributed by atoms with Gasteiger partial charge in [-0.05, 0) is 67.3 Å². The van der Waals surface area contributed by atoms with Gasteiger partial charge in [0.05, 0.1) is 6.61 Å². The highest BCUT2D eigenvalue weighted by Gasteiger charge is 2.00. The van der Waals surface area contributed by atoms with E-state index in [9.17, 15) is 0 Å². The zero-order valence-corrected chi connectivity index (χ0v) is 15.0. The van der Waals surface area contributed by atoms with Crippen LogP contribution in [0.4, 0.5) is 0 Å². The van der Waals surface area contributed by atoms with Gasteiger partial charge in [-0.2, -0.15) is 0 Å². The third kappa shape index (κ3) is 4.41. The summed E-state index contributed by atoms with van der Waals surface area (Å²) in [6.07, 6.45) is 1.83. The Bertz CT molecular complexity index is 919. The molecule has 0 atom stereocenters. The van der Waals surface area contributed by atoms with Crippen LogP contribution in [0.25, 0.3) is 11.1 Å². The summed E-state index contributed by atoms with van der Waals surface area (Å²) in [5.41, 5.74) is 4.89. The van der Waals surface area contributed by atoms with Crippen LogP contribution in [0.2, 0.25) is 5.02 Å². The predicted molar refractivity (Wildman–Crippen MR) is 103 cm³/mol. The lowest BCUT2D eigenvalue weighted by molar-refractivity contribution is 0.338. The van der Waals surface area contributed by atoms with Crippen LogP contribution in [0, 0.1) is 18.8 Å². The normalized spacial score (nSPS) is 10.0. The zero-order valence-electron chi connectivity index (χ0n) is 14.2. The highest BCUT2D eigenvalue weighted by Crippen LogP contribution is 2.21. The van der Waals surface area contributed by atoms with Crippen molar-refractivity contribution in [3.8, 4) is 28.7 Å². The summed E-state index contributed by atoms with van der Waals surface area (Å²) < 4.78 is 5.55. The van der Waals surface area contributed by atoms with Crippen LogP contribution in [0.15, 0.2) is 60.8 Å². The minimum absolute atomic E-state index is 0.662. The van der Waals surface area contributed by atoms with Crippen LogP contribution < -0.4 is 4.74 Å². The molecule has 0 radical (unpaired) electrons. The third-order valence-electron chi connectivity index (χ3n) is 3.75. The standard InChI is InChI=1S/C22H18ClNO/c1-3-25-22-13-5-17(14-16(22)2)4-11-21-12-8-19(15-24-21)18-6-9-20(23)10-7-18/h5-10,12-15H,3H2,1-2H3. The molecule has 0 fully saturated rings. The number of pyridine rings is 1. The van der Waals surface area contributed by atoms with E-state index in [4.69, 9.17) is 16.3 Å². The Labute approximate surface area is 153 Å². The summed E-state index contributed by atoms with van der Waals surface area (Å²) in [7, 11) is 0. The van der Waals surface area contributed by atoms with E-state index in [2.05, 4.69) is 16.8 Å². The summed E-state index contributed by atoms with van der Waals surface area (Å²) in [6.45, 7) is 4.66. The Morgan fingerprint density at radius 1 is 0.960 bits per heavy atom. The van der Waals surface area contributed by atoms with E-state index in [1.165, 1.54) is 0 Å². The van der Waals surface area contributed by atoms with E-state index in [-0.39, 0.29) is 0 Å². The van der Waals surface area contributed by atoms with Crippen molar-refractivity contribution < 1.29 is 4.74 Å². The number of nitrogens with zero attached hydrogens (tertiary/aromatic N) is 1. The molecular weight excluding hydrogens is 330 g/mol. The number of halogens is 1. The first-order valence-corrected chi connectivity index (χ1v) is 8.51. The summed E-state index contributed by atoms with van der Waals surface area (Å²) in [6, 6.07) is 17.6. The maximum Gasteiger partial charge on any atom is 0.122 e. The molecule has 1 heterocycles. The van der Waals surface area contributed by atoms with Gasteiger partial charge in [-0.25, -0.2) is 4.98 Å². The van der Waals surface area contributed by atoms with Crippen molar-refractivity contribution >= 4 is 11.6 Å². The molecular formula is C22H18ClNO. The van der Waals surface area contributed by atoms with Gasteiger partial charge in [0.2, 0.25) is 0 Å². The Balaban J connectivity index is 1.77. The number of hydrogen-bond donors (Lipinski definition) is 0. The molecule has 0 saturated heterocycles. The summed E-state index contributed by atoms with van der Waals surface area (Å²) in [5, 5.41) is 0.727. The van der Waals surface area contributed by atoms with Gasteiger partial charge < -0.3 is 4.74 Å². The average Bonchev–Trinajstić information content (AvgIpc) is 2.63. The van der Waals surface area contributed by atoms with Crippen LogP contribution in [0.5, 0.6) is 5.75 Å². The third-order valence-corrected chi connectivity index (χ3v) is 4.00. The van der Waals surface area contributed by atoms with Crippen molar-refractivity contribution in [3.63, 3.8) is 0 Å². The average molecular weight is 348 g/mol. The van der Waals surface area contributed by atoms with Gasteiger partial charge >= 0.3 is 0 Å². The predicted octanol–water partition coefficient (Wildman–Crippen LogP) is 5.51. The topological polar surface area (TPSA) is 22.1 Å². The maximum absolute atomic E-state index is 5.92. The molecule has 1 aromatic heterocycles. The van der Waals surface area contributed by atoms with E-state index in [1.807, 2.05) is 74.6 Å². The SMILES string of the molecule is CCOc1ccc(C#Cc2ccc(-c3ccc(Cl)cc3)cn2)cc1C. The molecule has 0 aliphatic heterocycles. The fourth-order valence-electron chi connectivity index (χ4n) is 2.46. The van der Waals surface area contributed by atoms with E-state index in [0.29, 0.717) is 6.61 Å². The lowest BCUT2D eigenvalue weighted by Gasteiger charge is -2.06. The van der Waals surface area contributed by atoms with Gasteiger partial charge in [0.25, 0.3) is 0 Å². The van der Waals surface area contributed by atoms with Gasteiger partial charge in [0.15, 0.2) is 0 Å². The molecule has 25 heavy (non-hydrogen) atoms. The molecule has 3 heteroatoms. The quantitative estimate of drug-likeness (QED) is 0.583. The van der Waals surface area contributed by atoms with Crippen molar-refractivity contribution in [1.82, 2.24) is 4.98 Å². The number of hydrogen-bond acceptors (Lipinski definition) is 2. The number of aryl methyl sites for hydroxylation is 1. The van der Waals surface area contributed by atoms with Gasteiger partial charge in [-0.1, -0.05) is 35.7 Å². The van der Waals surface area contributed by atoms with Crippen molar-refractivity contribution in [2.24, 2.45) is 0 Å². The molecule has 0 amide bonds. The molecule has 3 aromatic rings. The second kappa shape index (κ2) is 7.88. The lowest BCUT2D eigenvalue weighted by atomic mass is 10.1. The Morgan fingerprint density at radius 2 is 1.72 bits per heavy atom. The first-order valence-electron chi connectivity index (χ1n) is 8.13. The van der Waals surface area contributed by atoms with Crippen LogP contribution in [-0.2, 0) is 0 Å². The maximum atomic E-state index is 5.92. The molecule has 2 aromatic carbocycles. The first-order chi connectivity index (χ1) is 12.2. The van der Waals surface area contributed by atoms with Crippen molar-refractivity contribution in [3.05, 3.63) is 82.6 Å². The molecule has 0 spiro atoms. The molecule has 0 bridgehead atoms. The first kappa shape index (κ1) is 17.1. The van der Waals surface area contributed by atoms with E-state index < -0.39 is 0 Å². The lowest BCUT2D eigenvalue weighted by Crippen LogP contribution is -1.94. The molecule has 0 aliphatic carbocycles. The van der Waals surface area contributed by atoms with Crippen LogP contribution in [0.1, 0.15) is 23.7 Å². The molecule has 0 saturated carbocycles. The minimum atomic E-state index is 0.662. The Kier molecular flexibility index (Phi) is 5.38. The van der Waals surface area contributed by atoms with Crippen molar-refractivity contribution in [2.75, 3.05) is 6.61 Å². The van der Waals surface area contributed by atoms with Gasteiger partial charge in [0.1, 0.15) is 11.4 Å².